The van der Waals surface area contributed by atoms with E-state index in [-0.39, 0.29) is 95.9 Å². The van der Waals surface area contributed by atoms with Crippen LogP contribution in [0.15, 0.2) is 66.7 Å². The number of aliphatic carboxylic acids is 6. The summed E-state index contributed by atoms with van der Waals surface area (Å²) in [5, 5.41) is 76.3. The molecule has 0 aromatic heterocycles. The van der Waals surface area contributed by atoms with Gasteiger partial charge in [0.15, 0.2) is 5.11 Å². The van der Waals surface area contributed by atoms with Gasteiger partial charge in [-0.15, -0.1) is 0 Å². The van der Waals surface area contributed by atoms with Gasteiger partial charge in [0.25, 0.3) is 0 Å². The standard InChI is InChI=1S/C57H78N10O16S/c68-28-27-64-21-23-65(34-49(71)72)25-26-67(36-51(75)76)44(33-66(24-22-64)35-50(73)74)30-37-11-16-43(17-12-37)60-57(84)59-32-38-8-14-41(15-9-38)52(77)61-47(31-39-10-13-40-5-1-2-6-42(40)29-39)53(78)58-20-4-3-7-45(54(79)80)62-56(83)63-46(55(81)82)18-19-48(69)70/h1-2,5-6,10-13,16-17,28-29,38,41,44-47H,3-4,7-9,14-15,18-27,30-36H2,(H,58,78)(H,61,77)(H,69,70)(H,71,72)(H,73,74)(H,75,76)(H,79,80)(H,81,82)(H2,59,60,84)(H2,62,63,83)/t38?,41?,44?,45-,46-,47-/m0/s1. The number of carboxylic acid groups (broad SMARTS) is 6. The number of carboxylic acids is 6. The third-order valence-electron chi connectivity index (χ3n) is 15.0. The summed E-state index contributed by atoms with van der Waals surface area (Å²) in [6.45, 7) is 1.70. The van der Waals surface area contributed by atoms with Crippen LogP contribution >= 0.6 is 12.2 Å². The average Bonchev–Trinajstić information content (AvgIpc) is 3.64. The van der Waals surface area contributed by atoms with Crippen LogP contribution in [0.25, 0.3) is 10.8 Å². The van der Waals surface area contributed by atoms with E-state index in [1.807, 2.05) is 71.6 Å². The van der Waals surface area contributed by atoms with E-state index in [0.29, 0.717) is 75.5 Å². The number of fused-ring (bicyclic) bond motifs is 1. The van der Waals surface area contributed by atoms with E-state index >= 15 is 0 Å². The summed E-state index contributed by atoms with van der Waals surface area (Å²) in [6.07, 6.45) is 3.37. The molecule has 1 aliphatic carbocycles. The molecule has 0 radical (unpaired) electrons. The molecule has 84 heavy (non-hydrogen) atoms. The van der Waals surface area contributed by atoms with Gasteiger partial charge in [0.2, 0.25) is 11.8 Å². The summed E-state index contributed by atoms with van der Waals surface area (Å²) in [7, 11) is 0. The molecule has 1 unspecified atom stereocenters. The Bertz CT molecular complexity index is 2750. The monoisotopic (exact) mass is 1190 g/mol. The van der Waals surface area contributed by atoms with Crippen LogP contribution in [-0.4, -0.2) is 225 Å². The maximum absolute atomic E-state index is 13.9. The van der Waals surface area contributed by atoms with Crippen LogP contribution in [0.2, 0.25) is 0 Å². The summed E-state index contributed by atoms with van der Waals surface area (Å²) in [6, 6.07) is 15.5. The van der Waals surface area contributed by atoms with Crippen molar-refractivity contribution < 1.29 is 78.6 Å². The van der Waals surface area contributed by atoms with Crippen LogP contribution < -0.4 is 31.9 Å². The molecule has 1 aliphatic heterocycles. The molecule has 12 N–H and O–H groups in total. The van der Waals surface area contributed by atoms with E-state index < -0.39 is 84.8 Å². The number of nitrogens with zero attached hydrogens (tertiary/aromatic N) is 4. The molecular weight excluding hydrogens is 1110 g/mol. The van der Waals surface area contributed by atoms with E-state index in [2.05, 4.69) is 31.9 Å². The molecule has 26 nitrogen and oxygen atoms in total. The molecule has 1 saturated carbocycles. The lowest BCUT2D eigenvalue weighted by Gasteiger charge is -2.37. The lowest BCUT2D eigenvalue weighted by atomic mass is 9.81. The Morgan fingerprint density at radius 1 is 0.607 bits per heavy atom. The van der Waals surface area contributed by atoms with Crippen LogP contribution in [0.1, 0.15) is 68.9 Å². The number of benzene rings is 3. The Labute approximate surface area is 491 Å². The third-order valence-corrected chi connectivity index (χ3v) is 15.2. The molecular formula is C57H78N10O16S. The number of hydrogen-bond acceptors (Lipinski definition) is 15. The largest absolute Gasteiger partial charge is 0.481 e. The zero-order valence-electron chi connectivity index (χ0n) is 46.8. The second-order valence-electron chi connectivity index (χ2n) is 21.3. The molecule has 27 heteroatoms. The van der Waals surface area contributed by atoms with Crippen LogP contribution in [-0.2, 0) is 56.0 Å². The fourth-order valence-corrected chi connectivity index (χ4v) is 10.6. The van der Waals surface area contributed by atoms with Crippen molar-refractivity contribution in [1.29, 1.82) is 0 Å². The molecule has 5 rings (SSSR count). The van der Waals surface area contributed by atoms with Gasteiger partial charge in [0, 0.05) is 89.4 Å². The Hall–Kier alpha value is -7.85. The number of thiocarbonyl (C=S) groups is 1. The van der Waals surface area contributed by atoms with Gasteiger partial charge >= 0.3 is 41.8 Å². The molecule has 2 fully saturated rings. The van der Waals surface area contributed by atoms with Crippen molar-refractivity contribution in [2.75, 3.05) is 90.4 Å². The van der Waals surface area contributed by atoms with Crippen LogP contribution in [0.3, 0.4) is 0 Å². The maximum Gasteiger partial charge on any atom is 0.326 e. The van der Waals surface area contributed by atoms with Crippen molar-refractivity contribution in [3.05, 3.63) is 77.9 Å². The Balaban J connectivity index is 1.13. The third kappa shape index (κ3) is 24.2. The number of anilines is 1. The lowest BCUT2D eigenvalue weighted by molar-refractivity contribution is -0.141. The highest BCUT2D eigenvalue weighted by molar-refractivity contribution is 7.80. The Kier molecular flexibility index (Phi) is 27.6. The number of hydrogen-bond donors (Lipinski definition) is 12. The molecule has 0 bridgehead atoms. The van der Waals surface area contributed by atoms with Gasteiger partial charge in [-0.1, -0.05) is 54.6 Å². The second kappa shape index (κ2) is 34.7. The topological polar surface area (TPSA) is 377 Å². The van der Waals surface area contributed by atoms with Gasteiger partial charge in [-0.2, -0.15) is 0 Å². The normalized spacial score (nSPS) is 18.7. The van der Waals surface area contributed by atoms with Gasteiger partial charge in [0.05, 0.1) is 26.2 Å². The molecule has 1 saturated heterocycles. The SMILES string of the molecule is O=CCN1CCN(CC(=O)O)CCN(CC(=O)O)C(Cc2ccc(NC(=S)NCC3CCC(C(=O)N[C@@H](Cc4ccc5ccccc5c4)C(=O)NCCCC[C@H](NC(=O)N[C@@H](CCC(=O)O)C(=O)O)C(=O)O)CC3)cc2)CN(CC(=O)O)CC1. The number of unbranched alkanes of at least 4 members (excludes halogenated alkanes) is 1. The smallest absolute Gasteiger partial charge is 0.326 e. The summed E-state index contributed by atoms with van der Waals surface area (Å²) in [5.74, 6) is -8.16. The number of urea groups is 1. The zero-order chi connectivity index (χ0) is 61.1. The molecule has 3 aromatic carbocycles. The molecule has 4 amide bonds. The van der Waals surface area contributed by atoms with E-state index in [1.54, 1.807) is 14.7 Å². The minimum atomic E-state index is -1.55. The Morgan fingerprint density at radius 3 is 1.83 bits per heavy atom. The minimum absolute atomic E-state index is 0.0641. The fraction of sp³-hybridized carbons (Fsp3) is 0.526. The molecule has 458 valence electrons. The van der Waals surface area contributed by atoms with E-state index in [9.17, 15) is 73.5 Å². The Morgan fingerprint density at radius 2 is 1.20 bits per heavy atom. The number of aldehydes is 1. The number of nitrogens with one attached hydrogen (secondary N) is 6. The highest BCUT2D eigenvalue weighted by Crippen LogP contribution is 2.29. The van der Waals surface area contributed by atoms with E-state index in [0.717, 1.165) is 28.2 Å². The van der Waals surface area contributed by atoms with Crippen LogP contribution in [0.4, 0.5) is 10.5 Å². The van der Waals surface area contributed by atoms with Gasteiger partial charge in [-0.3, -0.25) is 48.4 Å². The minimum Gasteiger partial charge on any atom is -0.481 e. The van der Waals surface area contributed by atoms with Crippen molar-refractivity contribution in [2.24, 2.45) is 11.8 Å². The first kappa shape index (κ1) is 66.9. The van der Waals surface area contributed by atoms with Crippen molar-refractivity contribution in [3.63, 3.8) is 0 Å². The van der Waals surface area contributed by atoms with Crippen LogP contribution in [0.5, 0.6) is 0 Å². The first-order valence-corrected chi connectivity index (χ1v) is 28.5. The van der Waals surface area contributed by atoms with E-state index in [1.165, 1.54) is 0 Å². The summed E-state index contributed by atoms with van der Waals surface area (Å²) >= 11 is 5.66. The predicted molar refractivity (Wildman–Crippen MR) is 311 cm³/mol. The summed E-state index contributed by atoms with van der Waals surface area (Å²) in [4.78, 5) is 129. The maximum atomic E-state index is 13.9. The highest BCUT2D eigenvalue weighted by atomic mass is 32.1. The van der Waals surface area contributed by atoms with Gasteiger partial charge in [0.1, 0.15) is 24.4 Å². The highest BCUT2D eigenvalue weighted by Gasteiger charge is 2.32. The van der Waals surface area contributed by atoms with E-state index in [4.69, 9.17) is 17.3 Å². The zero-order valence-corrected chi connectivity index (χ0v) is 47.6. The van der Waals surface area contributed by atoms with Crippen molar-refractivity contribution >= 4 is 93.7 Å². The van der Waals surface area contributed by atoms with Crippen molar-refractivity contribution in [3.8, 4) is 0 Å². The van der Waals surface area contributed by atoms with Gasteiger partial charge < -0.3 is 67.3 Å². The quantitative estimate of drug-likeness (QED) is 0.0256. The van der Waals surface area contributed by atoms with Crippen molar-refractivity contribution in [2.45, 2.75) is 94.8 Å². The number of carbonyl (C=O) groups excluding carboxylic acids is 4. The number of rotatable bonds is 30. The number of carbonyl (C=O) groups is 10. The molecule has 4 atom stereocenters. The summed E-state index contributed by atoms with van der Waals surface area (Å²) < 4.78 is 0. The fourth-order valence-electron chi connectivity index (χ4n) is 10.4. The van der Waals surface area contributed by atoms with Crippen molar-refractivity contribution in [1.82, 2.24) is 46.2 Å². The van der Waals surface area contributed by atoms with Gasteiger partial charge in [-0.25, -0.2) is 14.4 Å². The second-order valence-corrected chi connectivity index (χ2v) is 21.7. The molecule has 1 heterocycles. The van der Waals surface area contributed by atoms with Gasteiger partial charge in [-0.05, 0) is 110 Å². The molecule has 3 aromatic rings. The number of amides is 4. The first-order valence-electron chi connectivity index (χ1n) is 28.1. The lowest BCUT2D eigenvalue weighted by Crippen LogP contribution is -2.53. The average molecular weight is 1190 g/mol. The molecule has 0 spiro atoms. The molecule has 2 aliphatic rings. The predicted octanol–water partition coefficient (Wildman–Crippen LogP) is 1.60. The first-order chi connectivity index (χ1) is 40.1. The van der Waals surface area contributed by atoms with Crippen LogP contribution in [0, 0.1) is 11.8 Å². The summed E-state index contributed by atoms with van der Waals surface area (Å²) in [5.41, 5.74) is 2.34.